The van der Waals surface area contributed by atoms with Gasteiger partial charge in [0.2, 0.25) is 0 Å². The molecule has 2 rings (SSSR count). The zero-order chi connectivity index (χ0) is 12.6. The van der Waals surface area contributed by atoms with Crippen molar-refractivity contribution >= 4 is 5.97 Å². The van der Waals surface area contributed by atoms with Crippen molar-refractivity contribution in [3.05, 3.63) is 23.5 Å². The summed E-state index contributed by atoms with van der Waals surface area (Å²) in [6.07, 6.45) is 5.28. The maximum Gasteiger partial charge on any atom is 0.339 e. The highest BCUT2D eigenvalue weighted by atomic mass is 16.5. The molecule has 0 unspecified atom stereocenters. The monoisotopic (exact) mass is 235 g/mol. The molecule has 0 aliphatic heterocycles. The number of aromatic carboxylic acids is 1. The molecule has 1 aliphatic carbocycles. The fourth-order valence-corrected chi connectivity index (χ4v) is 1.69. The zero-order valence-electron chi connectivity index (χ0n) is 10.4. The van der Waals surface area contributed by atoms with Gasteiger partial charge in [-0.2, -0.15) is 0 Å². The number of ether oxygens (including phenoxy) is 1. The molecule has 0 saturated heterocycles. The van der Waals surface area contributed by atoms with Gasteiger partial charge in [-0.05, 0) is 23.8 Å². The van der Waals surface area contributed by atoms with Crippen molar-refractivity contribution in [2.45, 2.75) is 45.1 Å². The van der Waals surface area contributed by atoms with E-state index < -0.39 is 5.97 Å². The van der Waals surface area contributed by atoms with E-state index in [0.717, 1.165) is 12.8 Å². The number of pyridine rings is 1. The second-order valence-corrected chi connectivity index (χ2v) is 5.43. The standard InChI is InChI=1S/C13H17NO3/c1-13(2,3)9-6-14-7-10(11(9)12(15)16)17-8-4-5-8/h6-8H,4-5H2,1-3H3,(H,15,16). The minimum atomic E-state index is -0.951. The highest BCUT2D eigenvalue weighted by Crippen LogP contribution is 2.34. The van der Waals surface area contributed by atoms with Gasteiger partial charge in [0.25, 0.3) is 0 Å². The summed E-state index contributed by atoms with van der Waals surface area (Å²) in [6.45, 7) is 5.91. The van der Waals surface area contributed by atoms with Gasteiger partial charge >= 0.3 is 5.97 Å². The molecular formula is C13H17NO3. The Hall–Kier alpha value is -1.58. The summed E-state index contributed by atoms with van der Waals surface area (Å²) in [6, 6.07) is 0. The Balaban J connectivity index is 2.47. The van der Waals surface area contributed by atoms with Crippen molar-refractivity contribution in [1.29, 1.82) is 0 Å². The van der Waals surface area contributed by atoms with E-state index in [-0.39, 0.29) is 17.1 Å². The van der Waals surface area contributed by atoms with Crippen LogP contribution in [0, 0.1) is 0 Å². The first-order valence-corrected chi connectivity index (χ1v) is 5.78. The highest BCUT2D eigenvalue weighted by Gasteiger charge is 2.30. The summed E-state index contributed by atoms with van der Waals surface area (Å²) in [5.41, 5.74) is 0.700. The third-order valence-corrected chi connectivity index (χ3v) is 2.75. The van der Waals surface area contributed by atoms with E-state index in [0.29, 0.717) is 11.3 Å². The highest BCUT2D eigenvalue weighted by molar-refractivity contribution is 5.92. The normalized spacial score (nSPS) is 15.7. The van der Waals surface area contributed by atoms with Gasteiger partial charge in [-0.1, -0.05) is 20.8 Å². The number of hydrogen-bond acceptors (Lipinski definition) is 3. The van der Waals surface area contributed by atoms with Crippen LogP contribution in [0.15, 0.2) is 12.4 Å². The SMILES string of the molecule is CC(C)(C)c1cncc(OC2CC2)c1C(=O)O. The average Bonchev–Trinajstić information content (AvgIpc) is 2.99. The lowest BCUT2D eigenvalue weighted by Crippen LogP contribution is -2.19. The van der Waals surface area contributed by atoms with E-state index in [1.54, 1.807) is 6.20 Å². The van der Waals surface area contributed by atoms with Gasteiger partial charge in [0.15, 0.2) is 5.75 Å². The maximum atomic E-state index is 11.4. The molecular weight excluding hydrogens is 218 g/mol. The third kappa shape index (κ3) is 2.57. The largest absolute Gasteiger partial charge is 0.488 e. The number of carboxylic acids is 1. The van der Waals surface area contributed by atoms with Crippen molar-refractivity contribution in [3.63, 3.8) is 0 Å². The smallest absolute Gasteiger partial charge is 0.339 e. The second kappa shape index (κ2) is 4.02. The van der Waals surface area contributed by atoms with Gasteiger partial charge < -0.3 is 9.84 Å². The van der Waals surface area contributed by atoms with E-state index in [4.69, 9.17) is 4.74 Å². The number of carboxylic acid groups (broad SMARTS) is 1. The van der Waals surface area contributed by atoms with Gasteiger partial charge in [-0.15, -0.1) is 0 Å². The second-order valence-electron chi connectivity index (χ2n) is 5.43. The van der Waals surface area contributed by atoms with Gasteiger partial charge in [0.05, 0.1) is 12.3 Å². The Labute approximate surface area is 101 Å². The van der Waals surface area contributed by atoms with Crippen LogP contribution in [0.4, 0.5) is 0 Å². The molecule has 92 valence electrons. The maximum absolute atomic E-state index is 11.4. The van der Waals surface area contributed by atoms with Gasteiger partial charge in [-0.3, -0.25) is 4.98 Å². The molecule has 0 bridgehead atoms. The number of hydrogen-bond donors (Lipinski definition) is 1. The van der Waals surface area contributed by atoms with Crippen molar-refractivity contribution in [2.75, 3.05) is 0 Å². The summed E-state index contributed by atoms with van der Waals surface area (Å²) in [7, 11) is 0. The van der Waals surface area contributed by atoms with Crippen LogP contribution in [0.2, 0.25) is 0 Å². The third-order valence-electron chi connectivity index (χ3n) is 2.75. The van der Waals surface area contributed by atoms with E-state index in [1.165, 1.54) is 6.20 Å². The van der Waals surface area contributed by atoms with Crippen LogP contribution in [0.1, 0.15) is 49.5 Å². The lowest BCUT2D eigenvalue weighted by atomic mass is 9.85. The fraction of sp³-hybridized carbons (Fsp3) is 0.538. The quantitative estimate of drug-likeness (QED) is 0.874. The van der Waals surface area contributed by atoms with E-state index in [2.05, 4.69) is 4.98 Å². The predicted molar refractivity (Wildman–Crippen MR) is 63.5 cm³/mol. The minimum absolute atomic E-state index is 0.171. The molecule has 1 saturated carbocycles. The summed E-state index contributed by atoms with van der Waals surface area (Å²) in [5.74, 6) is -0.555. The number of aromatic nitrogens is 1. The number of nitrogens with zero attached hydrogens (tertiary/aromatic N) is 1. The first-order chi connectivity index (χ1) is 7.89. The molecule has 1 aromatic rings. The Morgan fingerprint density at radius 2 is 2.06 bits per heavy atom. The average molecular weight is 235 g/mol. The van der Waals surface area contributed by atoms with Gasteiger partial charge in [-0.25, -0.2) is 4.79 Å². The Morgan fingerprint density at radius 3 is 2.53 bits per heavy atom. The summed E-state index contributed by atoms with van der Waals surface area (Å²) in [4.78, 5) is 15.5. The van der Waals surface area contributed by atoms with Crippen molar-refractivity contribution in [3.8, 4) is 5.75 Å². The first-order valence-electron chi connectivity index (χ1n) is 5.78. The Kier molecular flexibility index (Phi) is 2.81. The molecule has 0 amide bonds. The Bertz CT molecular complexity index is 444. The van der Waals surface area contributed by atoms with Gasteiger partial charge in [0, 0.05) is 6.20 Å². The van der Waals surface area contributed by atoms with E-state index in [9.17, 15) is 9.90 Å². The molecule has 1 fully saturated rings. The molecule has 1 heterocycles. The van der Waals surface area contributed by atoms with Gasteiger partial charge in [0.1, 0.15) is 5.56 Å². The van der Waals surface area contributed by atoms with Crippen LogP contribution in [0.3, 0.4) is 0 Å². The summed E-state index contributed by atoms with van der Waals surface area (Å²) < 4.78 is 5.61. The topological polar surface area (TPSA) is 59.4 Å². The van der Waals surface area contributed by atoms with Crippen molar-refractivity contribution in [2.24, 2.45) is 0 Å². The minimum Gasteiger partial charge on any atom is -0.488 e. The lowest BCUT2D eigenvalue weighted by molar-refractivity contribution is 0.0688. The molecule has 0 spiro atoms. The number of carbonyl (C=O) groups is 1. The molecule has 1 aromatic heterocycles. The summed E-state index contributed by atoms with van der Waals surface area (Å²) in [5, 5.41) is 9.34. The van der Waals surface area contributed by atoms with Crippen LogP contribution in [0.5, 0.6) is 5.75 Å². The molecule has 4 heteroatoms. The van der Waals surface area contributed by atoms with Crippen LogP contribution in [0.25, 0.3) is 0 Å². The summed E-state index contributed by atoms with van der Waals surface area (Å²) >= 11 is 0. The van der Waals surface area contributed by atoms with Crippen molar-refractivity contribution < 1.29 is 14.6 Å². The molecule has 1 N–H and O–H groups in total. The first kappa shape index (κ1) is 11.9. The van der Waals surface area contributed by atoms with Crippen LogP contribution in [-0.4, -0.2) is 22.2 Å². The van der Waals surface area contributed by atoms with E-state index in [1.807, 2.05) is 20.8 Å². The Morgan fingerprint density at radius 1 is 1.41 bits per heavy atom. The van der Waals surface area contributed by atoms with Crippen LogP contribution < -0.4 is 4.74 Å². The fourth-order valence-electron chi connectivity index (χ4n) is 1.69. The molecule has 0 atom stereocenters. The lowest BCUT2D eigenvalue weighted by Gasteiger charge is -2.22. The van der Waals surface area contributed by atoms with E-state index >= 15 is 0 Å². The molecule has 0 aromatic carbocycles. The zero-order valence-corrected chi connectivity index (χ0v) is 10.4. The molecule has 4 nitrogen and oxygen atoms in total. The van der Waals surface area contributed by atoms with Crippen molar-refractivity contribution in [1.82, 2.24) is 4.98 Å². The van der Waals surface area contributed by atoms with Crippen LogP contribution in [-0.2, 0) is 5.41 Å². The molecule has 1 aliphatic rings. The number of rotatable bonds is 3. The molecule has 0 radical (unpaired) electrons. The molecule has 17 heavy (non-hydrogen) atoms. The van der Waals surface area contributed by atoms with Crippen LogP contribution >= 0.6 is 0 Å². The predicted octanol–water partition coefficient (Wildman–Crippen LogP) is 2.62.